The molecule has 0 amide bonds. The van der Waals surface area contributed by atoms with Gasteiger partial charge in [-0.05, 0) is 35.9 Å². The summed E-state index contributed by atoms with van der Waals surface area (Å²) >= 11 is 9.33. The Morgan fingerprint density at radius 3 is 2.85 bits per heavy atom. The second-order valence-corrected chi connectivity index (χ2v) is 5.63. The van der Waals surface area contributed by atoms with Crippen LogP contribution < -0.4 is 5.76 Å². The lowest BCUT2D eigenvalue weighted by atomic mass is 10.0. The largest absolute Gasteiger partial charge is 0.417 e. The molecule has 1 heterocycles. The van der Waals surface area contributed by atoms with Gasteiger partial charge in [-0.15, -0.1) is 0 Å². The molecule has 20 heavy (non-hydrogen) atoms. The molecule has 3 aromatic rings. The molecule has 3 rings (SSSR count). The average Bonchev–Trinajstić information content (AvgIpc) is 2.79. The zero-order valence-electron chi connectivity index (χ0n) is 10.1. The zero-order chi connectivity index (χ0) is 14.3. The number of hydrogen-bond acceptors (Lipinski definition) is 3. The summed E-state index contributed by atoms with van der Waals surface area (Å²) in [6.07, 6.45) is -0.868. The molecule has 2 N–H and O–H groups in total. The topological polar surface area (TPSA) is 66.2 Å². The number of fused-ring (bicyclic) bond motifs is 1. The van der Waals surface area contributed by atoms with E-state index < -0.39 is 11.9 Å². The molecule has 0 aliphatic heterocycles. The second kappa shape index (κ2) is 5.09. The number of hydrogen-bond donors (Lipinski definition) is 2. The van der Waals surface area contributed by atoms with Gasteiger partial charge in [0.05, 0.1) is 5.52 Å². The molecule has 1 atom stereocenters. The van der Waals surface area contributed by atoms with Crippen LogP contribution in [-0.4, -0.2) is 10.1 Å². The molecule has 0 saturated heterocycles. The maximum Gasteiger partial charge on any atom is 0.417 e. The highest BCUT2D eigenvalue weighted by atomic mass is 79.9. The number of H-pyrrole nitrogens is 1. The Bertz CT molecular complexity index is 840. The maximum atomic E-state index is 11.1. The number of aliphatic hydroxyl groups excluding tert-OH is 1. The van der Waals surface area contributed by atoms with E-state index in [1.165, 1.54) is 0 Å². The Morgan fingerprint density at radius 1 is 1.25 bits per heavy atom. The third kappa shape index (κ3) is 2.40. The van der Waals surface area contributed by atoms with Gasteiger partial charge in [0.15, 0.2) is 5.58 Å². The first-order valence-electron chi connectivity index (χ1n) is 5.80. The van der Waals surface area contributed by atoms with E-state index in [-0.39, 0.29) is 0 Å². The Balaban J connectivity index is 2.09. The van der Waals surface area contributed by atoms with Gasteiger partial charge in [0.25, 0.3) is 0 Å². The monoisotopic (exact) mass is 353 g/mol. The Kier molecular flexibility index (Phi) is 3.41. The predicted octanol–water partition coefficient (Wildman–Crippen LogP) is 3.62. The molecule has 0 aliphatic carbocycles. The van der Waals surface area contributed by atoms with Gasteiger partial charge < -0.3 is 9.52 Å². The quantitative estimate of drug-likeness (QED) is 0.738. The van der Waals surface area contributed by atoms with Crippen molar-refractivity contribution in [1.82, 2.24) is 4.98 Å². The van der Waals surface area contributed by atoms with Crippen LogP contribution in [0, 0.1) is 0 Å². The molecule has 2 aromatic carbocycles. The van der Waals surface area contributed by atoms with E-state index in [9.17, 15) is 9.90 Å². The van der Waals surface area contributed by atoms with Crippen LogP contribution in [0.25, 0.3) is 11.1 Å². The molecule has 6 heteroatoms. The van der Waals surface area contributed by atoms with Crippen molar-refractivity contribution < 1.29 is 9.52 Å². The summed E-state index contributed by atoms with van der Waals surface area (Å²) in [5, 5.41) is 11.0. The Hall–Kier alpha value is -1.56. The van der Waals surface area contributed by atoms with Crippen LogP contribution in [0.3, 0.4) is 0 Å². The van der Waals surface area contributed by atoms with Crippen LogP contribution in [0.5, 0.6) is 0 Å². The van der Waals surface area contributed by atoms with Gasteiger partial charge in [-0.1, -0.05) is 33.6 Å². The van der Waals surface area contributed by atoms with E-state index in [0.717, 1.165) is 4.47 Å². The molecule has 0 fully saturated rings. The first kappa shape index (κ1) is 13.4. The lowest BCUT2D eigenvalue weighted by Crippen LogP contribution is -2.00. The molecule has 1 aromatic heterocycles. The third-order valence-electron chi connectivity index (χ3n) is 3.01. The predicted molar refractivity (Wildman–Crippen MR) is 80.0 cm³/mol. The normalized spacial score (nSPS) is 12.8. The van der Waals surface area contributed by atoms with Crippen LogP contribution >= 0.6 is 27.5 Å². The number of rotatable bonds is 2. The van der Waals surface area contributed by atoms with Crippen molar-refractivity contribution in [3.05, 3.63) is 67.6 Å². The van der Waals surface area contributed by atoms with Crippen molar-refractivity contribution in [2.24, 2.45) is 0 Å². The molecular weight excluding hydrogens is 346 g/mol. The molecule has 0 aliphatic rings. The fourth-order valence-electron chi connectivity index (χ4n) is 2.04. The number of aliphatic hydroxyl groups is 1. The van der Waals surface area contributed by atoms with Crippen molar-refractivity contribution in [3.8, 4) is 0 Å². The third-order valence-corrected chi connectivity index (χ3v) is 3.97. The van der Waals surface area contributed by atoms with Crippen molar-refractivity contribution >= 4 is 38.6 Å². The maximum absolute atomic E-state index is 11.1. The van der Waals surface area contributed by atoms with Crippen molar-refractivity contribution in [2.75, 3.05) is 0 Å². The average molecular weight is 355 g/mol. The highest BCUT2D eigenvalue weighted by Crippen LogP contribution is 2.31. The van der Waals surface area contributed by atoms with E-state index in [4.69, 9.17) is 16.0 Å². The summed E-state index contributed by atoms with van der Waals surface area (Å²) < 4.78 is 5.74. The van der Waals surface area contributed by atoms with Crippen LogP contribution in [0.2, 0.25) is 5.02 Å². The summed E-state index contributed by atoms with van der Waals surface area (Å²) in [6, 6.07) is 10.2. The fourth-order valence-corrected chi connectivity index (χ4v) is 2.68. The smallest absolute Gasteiger partial charge is 0.408 e. The highest BCUT2D eigenvalue weighted by molar-refractivity contribution is 9.10. The lowest BCUT2D eigenvalue weighted by Gasteiger charge is -2.13. The fraction of sp³-hybridized carbons (Fsp3) is 0.0714. The first-order chi connectivity index (χ1) is 9.54. The molecule has 0 saturated carbocycles. The molecule has 102 valence electrons. The molecule has 0 radical (unpaired) electrons. The number of halogens is 2. The zero-order valence-corrected chi connectivity index (χ0v) is 12.4. The molecular formula is C14H9BrClNO3. The summed E-state index contributed by atoms with van der Waals surface area (Å²) in [7, 11) is 0. The van der Waals surface area contributed by atoms with E-state index in [1.807, 2.05) is 0 Å². The lowest BCUT2D eigenvalue weighted by molar-refractivity contribution is 0.219. The Morgan fingerprint density at radius 2 is 2.05 bits per heavy atom. The van der Waals surface area contributed by atoms with Crippen molar-refractivity contribution in [3.63, 3.8) is 0 Å². The van der Waals surface area contributed by atoms with Gasteiger partial charge in [-0.25, -0.2) is 4.79 Å². The summed E-state index contributed by atoms with van der Waals surface area (Å²) in [6.45, 7) is 0. The van der Waals surface area contributed by atoms with Crippen LogP contribution in [0.15, 0.2) is 50.1 Å². The van der Waals surface area contributed by atoms with Crippen LogP contribution in [0.1, 0.15) is 17.2 Å². The first-order valence-corrected chi connectivity index (χ1v) is 6.97. The summed E-state index contributed by atoms with van der Waals surface area (Å²) in [5.74, 6) is -0.518. The standard InChI is InChI=1S/C14H9BrClNO3/c15-10-3-2-8(16)6-9(10)13(18)7-1-4-11-12(5-7)20-14(19)17-11/h1-6,13,18H,(H,17,19). The molecule has 4 nitrogen and oxygen atoms in total. The molecule has 0 spiro atoms. The number of nitrogens with one attached hydrogen (secondary N) is 1. The van der Waals surface area contributed by atoms with Gasteiger partial charge in [0, 0.05) is 15.1 Å². The minimum absolute atomic E-state index is 0.407. The minimum Gasteiger partial charge on any atom is -0.408 e. The van der Waals surface area contributed by atoms with Gasteiger partial charge in [-0.3, -0.25) is 4.98 Å². The molecule has 0 bridgehead atoms. The summed E-state index contributed by atoms with van der Waals surface area (Å²) in [5.41, 5.74) is 2.26. The number of oxazole rings is 1. The van der Waals surface area contributed by atoms with Gasteiger partial charge in [-0.2, -0.15) is 0 Å². The van der Waals surface area contributed by atoms with Crippen molar-refractivity contribution in [2.45, 2.75) is 6.10 Å². The van der Waals surface area contributed by atoms with Crippen LogP contribution in [0.4, 0.5) is 0 Å². The number of aromatic amines is 1. The van der Waals surface area contributed by atoms with E-state index in [0.29, 0.717) is 27.2 Å². The van der Waals surface area contributed by atoms with Crippen LogP contribution in [-0.2, 0) is 0 Å². The van der Waals surface area contributed by atoms with Gasteiger partial charge >= 0.3 is 5.76 Å². The van der Waals surface area contributed by atoms with E-state index in [1.54, 1.807) is 36.4 Å². The van der Waals surface area contributed by atoms with E-state index in [2.05, 4.69) is 20.9 Å². The number of aromatic nitrogens is 1. The summed E-state index contributed by atoms with van der Waals surface area (Å²) in [4.78, 5) is 13.7. The van der Waals surface area contributed by atoms with Gasteiger partial charge in [0.2, 0.25) is 0 Å². The van der Waals surface area contributed by atoms with Gasteiger partial charge in [0.1, 0.15) is 6.10 Å². The van der Waals surface area contributed by atoms with E-state index >= 15 is 0 Å². The minimum atomic E-state index is -0.868. The number of benzene rings is 2. The SMILES string of the molecule is O=c1[nH]c2ccc(C(O)c3cc(Cl)ccc3Br)cc2o1. The second-order valence-electron chi connectivity index (χ2n) is 4.34. The van der Waals surface area contributed by atoms with Crippen molar-refractivity contribution in [1.29, 1.82) is 0 Å². The molecule has 1 unspecified atom stereocenters. The highest BCUT2D eigenvalue weighted by Gasteiger charge is 2.15. The Labute approximate surface area is 127 Å².